The summed E-state index contributed by atoms with van der Waals surface area (Å²) in [5.74, 6) is -0.318. The summed E-state index contributed by atoms with van der Waals surface area (Å²) >= 11 is 1.15. The molecule has 0 bridgehead atoms. The maximum Gasteiger partial charge on any atom is 0.249 e. The highest BCUT2D eigenvalue weighted by Gasteiger charge is 2.48. The van der Waals surface area contributed by atoms with Crippen molar-refractivity contribution in [1.82, 2.24) is 5.32 Å². The molecule has 7 nitrogen and oxygen atoms in total. The van der Waals surface area contributed by atoms with Crippen molar-refractivity contribution < 1.29 is 24.9 Å². The highest BCUT2D eigenvalue weighted by Crippen LogP contribution is 2.35. The van der Waals surface area contributed by atoms with Crippen LogP contribution in [0.15, 0.2) is 17.1 Å². The molecule has 5 atom stereocenters. The summed E-state index contributed by atoms with van der Waals surface area (Å²) in [6, 6.07) is -0.649. The number of ether oxygens (including phenoxy) is 1. The Labute approximate surface area is 114 Å². The molecular weight excluding hydrogens is 272 g/mol. The summed E-state index contributed by atoms with van der Waals surface area (Å²) in [4.78, 5) is 15.5. The van der Waals surface area contributed by atoms with Gasteiger partial charge in [0.2, 0.25) is 5.91 Å². The second-order valence-corrected chi connectivity index (χ2v) is 5.33. The summed E-state index contributed by atoms with van der Waals surface area (Å²) in [6.45, 7) is 1.33. The average molecular weight is 288 g/mol. The highest BCUT2D eigenvalue weighted by atomic mass is 32.2. The first-order chi connectivity index (χ1) is 9.06. The second kappa shape index (κ2) is 6.02. The Morgan fingerprint density at radius 3 is 2.89 bits per heavy atom. The minimum absolute atomic E-state index is 0.318. The van der Waals surface area contributed by atoms with Crippen LogP contribution in [0.5, 0.6) is 0 Å². The lowest BCUT2D eigenvalue weighted by Gasteiger charge is -2.37. The monoisotopic (exact) mass is 288 g/mol. The van der Waals surface area contributed by atoms with E-state index in [4.69, 9.17) is 9.84 Å². The number of thioether (sulfide) groups is 1. The van der Waals surface area contributed by atoms with Gasteiger partial charge in [-0.25, -0.2) is 0 Å². The number of fused-ring (bicyclic) bond motifs is 1. The molecule has 4 N–H and O–H groups in total. The number of hydrogen-bond acceptors (Lipinski definition) is 7. The maximum absolute atomic E-state index is 11.4. The third-order valence-corrected chi connectivity index (χ3v) is 3.94. The van der Waals surface area contributed by atoms with Gasteiger partial charge in [-0.2, -0.15) is 0 Å². The number of nitrogens with one attached hydrogen (secondary N) is 1. The van der Waals surface area contributed by atoms with Crippen LogP contribution in [0.4, 0.5) is 0 Å². The Balaban J connectivity index is 2.04. The van der Waals surface area contributed by atoms with Crippen LogP contribution in [0.3, 0.4) is 0 Å². The number of amides is 1. The van der Waals surface area contributed by atoms with E-state index >= 15 is 0 Å². The number of amidine groups is 1. The first-order valence-corrected chi connectivity index (χ1v) is 6.75. The van der Waals surface area contributed by atoms with Gasteiger partial charge in [-0.3, -0.25) is 9.79 Å². The zero-order chi connectivity index (χ0) is 14.0. The van der Waals surface area contributed by atoms with E-state index in [0.29, 0.717) is 5.17 Å². The second-order valence-electron chi connectivity index (χ2n) is 4.24. The molecule has 0 aromatic carbocycles. The third-order valence-electron chi connectivity index (χ3n) is 2.89. The van der Waals surface area contributed by atoms with Crippen LogP contribution >= 0.6 is 11.8 Å². The van der Waals surface area contributed by atoms with Gasteiger partial charge in [-0.15, -0.1) is 0 Å². The van der Waals surface area contributed by atoms with E-state index in [0.717, 1.165) is 11.8 Å². The quantitative estimate of drug-likeness (QED) is 0.465. The summed E-state index contributed by atoms with van der Waals surface area (Å²) in [7, 11) is 0. The van der Waals surface area contributed by atoms with Crippen molar-refractivity contribution in [2.75, 3.05) is 6.61 Å². The van der Waals surface area contributed by atoms with Crippen LogP contribution in [0.2, 0.25) is 0 Å². The molecule has 2 aliphatic heterocycles. The normalized spacial score (nSPS) is 38.1. The number of aliphatic imine (C=N–C) groups is 1. The van der Waals surface area contributed by atoms with Gasteiger partial charge in [0, 0.05) is 0 Å². The molecule has 0 spiro atoms. The fourth-order valence-electron chi connectivity index (χ4n) is 1.94. The Bertz CT molecular complexity index is 414. The molecule has 2 rings (SSSR count). The van der Waals surface area contributed by atoms with Gasteiger partial charge in [0.05, 0.1) is 6.61 Å². The molecule has 2 aliphatic rings. The molecule has 0 saturated carbocycles. The van der Waals surface area contributed by atoms with Crippen LogP contribution in [-0.2, 0) is 9.53 Å². The number of hydrogen-bond donors (Lipinski definition) is 4. The lowest BCUT2D eigenvalue weighted by Crippen LogP contribution is -2.55. The van der Waals surface area contributed by atoms with Crippen LogP contribution < -0.4 is 5.32 Å². The van der Waals surface area contributed by atoms with Crippen LogP contribution in [-0.4, -0.2) is 62.8 Å². The maximum atomic E-state index is 11.4. The highest BCUT2D eigenvalue weighted by molar-refractivity contribution is 8.14. The zero-order valence-corrected chi connectivity index (χ0v) is 11.1. The fourth-order valence-corrected chi connectivity index (χ4v) is 3.06. The van der Waals surface area contributed by atoms with Crippen LogP contribution in [0, 0.1) is 0 Å². The lowest BCUT2D eigenvalue weighted by molar-refractivity contribution is -0.164. The molecule has 8 heteroatoms. The van der Waals surface area contributed by atoms with Gasteiger partial charge in [-0.05, 0) is 13.0 Å². The molecule has 0 radical (unpaired) electrons. The molecule has 1 saturated heterocycles. The van der Waals surface area contributed by atoms with E-state index in [2.05, 4.69) is 10.3 Å². The Kier molecular flexibility index (Phi) is 4.58. The Morgan fingerprint density at radius 1 is 1.53 bits per heavy atom. The molecule has 0 aromatic heterocycles. The fraction of sp³-hybridized carbons (Fsp3) is 0.636. The first-order valence-electron chi connectivity index (χ1n) is 5.87. The Hall–Kier alpha value is -0.930. The van der Waals surface area contributed by atoms with Crippen molar-refractivity contribution in [3.8, 4) is 0 Å². The average Bonchev–Trinajstić information content (AvgIpc) is 2.76. The van der Waals surface area contributed by atoms with E-state index in [1.54, 1.807) is 13.0 Å². The summed E-state index contributed by atoms with van der Waals surface area (Å²) in [6.07, 6.45) is -0.210. The molecular formula is C11H16N2O5S. The van der Waals surface area contributed by atoms with E-state index in [9.17, 15) is 15.0 Å². The molecule has 1 fully saturated rings. The van der Waals surface area contributed by atoms with E-state index in [-0.39, 0.29) is 12.5 Å². The lowest BCUT2D eigenvalue weighted by atomic mass is 9.99. The molecule has 0 aromatic rings. The van der Waals surface area contributed by atoms with Gasteiger partial charge in [0.25, 0.3) is 0 Å². The van der Waals surface area contributed by atoms with E-state index in [1.807, 2.05) is 0 Å². The van der Waals surface area contributed by atoms with E-state index < -0.39 is 29.8 Å². The van der Waals surface area contributed by atoms with Crippen LogP contribution in [0.1, 0.15) is 6.92 Å². The molecule has 2 heterocycles. The summed E-state index contributed by atoms with van der Waals surface area (Å²) < 4.78 is 5.43. The Morgan fingerprint density at radius 2 is 2.26 bits per heavy atom. The largest absolute Gasteiger partial charge is 0.394 e. The number of carbonyl (C=O) groups is 1. The molecule has 0 aliphatic carbocycles. The number of allylic oxidation sites excluding steroid dienone is 1. The van der Waals surface area contributed by atoms with Crippen molar-refractivity contribution in [1.29, 1.82) is 0 Å². The number of carbonyl (C=O) groups excluding carboxylic acids is 1. The minimum Gasteiger partial charge on any atom is -0.394 e. The molecule has 106 valence electrons. The number of rotatable bonds is 2. The SMILES string of the molecule is CC=CC(=O)NC1=N[C@@H]2[C@@H](O)[C@H](O)[C@@H](CO)O[C@@H]2S1. The molecule has 19 heavy (non-hydrogen) atoms. The van der Waals surface area contributed by atoms with Gasteiger partial charge in [0.15, 0.2) is 5.17 Å². The van der Waals surface area contributed by atoms with Crippen molar-refractivity contribution in [2.45, 2.75) is 36.7 Å². The van der Waals surface area contributed by atoms with Crippen molar-refractivity contribution >= 4 is 22.8 Å². The van der Waals surface area contributed by atoms with Crippen molar-refractivity contribution in [2.24, 2.45) is 4.99 Å². The minimum atomic E-state index is -1.19. The van der Waals surface area contributed by atoms with Crippen LogP contribution in [0.25, 0.3) is 0 Å². The van der Waals surface area contributed by atoms with Crippen molar-refractivity contribution in [3.05, 3.63) is 12.2 Å². The molecule has 1 amide bonds. The van der Waals surface area contributed by atoms with Crippen molar-refractivity contribution in [3.63, 3.8) is 0 Å². The number of nitrogens with zero attached hydrogens (tertiary/aromatic N) is 1. The van der Waals surface area contributed by atoms with E-state index in [1.165, 1.54) is 6.08 Å². The predicted octanol–water partition coefficient (Wildman–Crippen LogP) is -1.41. The number of aliphatic hydroxyl groups excluding tert-OH is 3. The van der Waals surface area contributed by atoms with Gasteiger partial charge >= 0.3 is 0 Å². The number of aliphatic hydroxyl groups is 3. The topological polar surface area (TPSA) is 111 Å². The standard InChI is InChI=1S/C11H16N2O5S/c1-2-3-6(15)12-11-13-7-9(17)8(16)5(4-14)18-10(7)19-11/h2-3,5,7-10,14,16-17H,4H2,1H3,(H,12,13,15)/t5-,7-,8-,9-,10-/m1/s1. The summed E-state index contributed by atoms with van der Waals surface area (Å²) in [5.41, 5.74) is -0.517. The zero-order valence-electron chi connectivity index (χ0n) is 10.3. The third kappa shape index (κ3) is 2.98. The van der Waals surface area contributed by atoms with Gasteiger partial charge in [0.1, 0.15) is 29.8 Å². The van der Waals surface area contributed by atoms with Gasteiger partial charge < -0.3 is 25.4 Å². The predicted molar refractivity (Wildman–Crippen MR) is 69.5 cm³/mol. The summed E-state index contributed by atoms with van der Waals surface area (Å²) in [5, 5.41) is 31.6. The first kappa shape index (κ1) is 14.5. The molecule has 0 unspecified atom stereocenters. The van der Waals surface area contributed by atoms with Gasteiger partial charge in [-0.1, -0.05) is 17.8 Å². The smallest absolute Gasteiger partial charge is 0.249 e.